The number of rotatable bonds is 14. The van der Waals surface area contributed by atoms with Gasteiger partial charge in [0.1, 0.15) is 36.9 Å². The number of fused-ring (bicyclic) bond motifs is 2. The number of piperazine rings is 1. The maximum absolute atomic E-state index is 12.6. The molecule has 2 atom stereocenters. The normalized spacial score (nSPS) is 15.5. The lowest BCUT2D eigenvalue weighted by atomic mass is 10.1. The summed E-state index contributed by atoms with van der Waals surface area (Å²) in [5, 5.41) is 23.0. The Morgan fingerprint density at radius 2 is 1.06 bits per heavy atom. The van der Waals surface area contributed by atoms with E-state index in [1.54, 1.807) is 13.8 Å². The lowest BCUT2D eigenvalue weighted by molar-refractivity contribution is 0.0241. The van der Waals surface area contributed by atoms with E-state index >= 15 is 0 Å². The van der Waals surface area contributed by atoms with Crippen molar-refractivity contribution in [2.45, 2.75) is 39.9 Å². The molecular formula is C36H48N4O8. The molecule has 1 fully saturated rings. The van der Waals surface area contributed by atoms with E-state index in [0.29, 0.717) is 48.9 Å². The minimum atomic E-state index is -0.691. The van der Waals surface area contributed by atoms with E-state index in [1.165, 1.54) is 0 Å². The van der Waals surface area contributed by atoms with Crippen molar-refractivity contribution in [1.29, 1.82) is 0 Å². The third-order valence-electron chi connectivity index (χ3n) is 9.17. The highest BCUT2D eigenvalue weighted by atomic mass is 16.5. The number of aromatic nitrogens is 2. The van der Waals surface area contributed by atoms with Crippen LogP contribution in [0.4, 0.5) is 0 Å². The second kappa shape index (κ2) is 15.4. The Morgan fingerprint density at radius 1 is 0.688 bits per heavy atom. The number of benzene rings is 2. The molecule has 0 bridgehead atoms. The number of ether oxygens (including phenoxy) is 4. The smallest absolute Gasteiger partial charge is 0.340 e. The number of aryl methyl sites for hydroxylation is 2. The third kappa shape index (κ3) is 7.62. The van der Waals surface area contributed by atoms with Gasteiger partial charge in [0.15, 0.2) is 0 Å². The van der Waals surface area contributed by atoms with Crippen molar-refractivity contribution in [1.82, 2.24) is 18.9 Å². The molecule has 0 spiro atoms. The summed E-state index contributed by atoms with van der Waals surface area (Å²) in [6, 6.07) is 11.2. The van der Waals surface area contributed by atoms with Gasteiger partial charge < -0.3 is 38.3 Å². The lowest BCUT2D eigenvalue weighted by Gasteiger charge is -2.36. The Labute approximate surface area is 281 Å². The maximum atomic E-state index is 12.6. The predicted octanol–water partition coefficient (Wildman–Crippen LogP) is 3.44. The van der Waals surface area contributed by atoms with E-state index in [-0.39, 0.29) is 25.2 Å². The van der Waals surface area contributed by atoms with Gasteiger partial charge >= 0.3 is 11.9 Å². The topological polar surface area (TPSA) is 128 Å². The van der Waals surface area contributed by atoms with Gasteiger partial charge in [0.2, 0.25) is 0 Å². The second-order valence-corrected chi connectivity index (χ2v) is 12.4. The molecule has 1 saturated heterocycles. The minimum Gasteiger partial charge on any atom is -0.491 e. The summed E-state index contributed by atoms with van der Waals surface area (Å²) < 4.78 is 26.3. The molecule has 48 heavy (non-hydrogen) atoms. The highest BCUT2D eigenvalue weighted by Crippen LogP contribution is 2.31. The molecule has 1 aliphatic rings. The van der Waals surface area contributed by atoms with Crippen molar-refractivity contribution < 1.29 is 38.7 Å². The SMILES string of the molecule is CCOC(=O)c1c(C)n(C)c2ccc(OC[C@@H](O)CN3CCN(C[C@H](O)COc4ccc5c(c4)c(C(=O)OCC)c(C)n5C)CC3)cc12. The van der Waals surface area contributed by atoms with Crippen molar-refractivity contribution in [2.24, 2.45) is 14.1 Å². The molecule has 2 N–H and O–H groups in total. The van der Waals surface area contributed by atoms with Crippen LogP contribution >= 0.6 is 0 Å². The quantitative estimate of drug-likeness (QED) is 0.194. The van der Waals surface area contributed by atoms with Crippen LogP contribution in [-0.4, -0.2) is 119 Å². The number of carbonyl (C=O) groups is 2. The Hall–Kier alpha value is -4.10. The van der Waals surface area contributed by atoms with Crippen molar-refractivity contribution in [3.63, 3.8) is 0 Å². The summed E-state index contributed by atoms with van der Waals surface area (Å²) in [5.74, 6) is 0.444. The molecule has 0 aliphatic carbocycles. The van der Waals surface area contributed by atoms with Gasteiger partial charge in [-0.25, -0.2) is 9.59 Å². The Bertz CT molecular complexity index is 1630. The van der Waals surface area contributed by atoms with Crippen LogP contribution < -0.4 is 9.47 Å². The van der Waals surface area contributed by atoms with Crippen molar-refractivity contribution in [3.05, 3.63) is 58.9 Å². The summed E-state index contributed by atoms with van der Waals surface area (Å²) in [4.78, 5) is 29.6. The molecule has 4 aromatic rings. The van der Waals surface area contributed by atoms with E-state index in [9.17, 15) is 19.8 Å². The average Bonchev–Trinajstić information content (AvgIpc) is 3.47. The largest absolute Gasteiger partial charge is 0.491 e. The highest BCUT2D eigenvalue weighted by Gasteiger charge is 2.24. The monoisotopic (exact) mass is 664 g/mol. The Morgan fingerprint density at radius 3 is 1.42 bits per heavy atom. The number of aliphatic hydroxyl groups is 2. The number of nitrogens with zero attached hydrogens (tertiary/aromatic N) is 4. The minimum absolute atomic E-state index is 0.123. The van der Waals surface area contributed by atoms with Crippen molar-refractivity contribution in [3.8, 4) is 11.5 Å². The van der Waals surface area contributed by atoms with Crippen molar-refractivity contribution in [2.75, 3.05) is 65.7 Å². The lowest BCUT2D eigenvalue weighted by Crippen LogP contribution is -2.51. The molecule has 12 heteroatoms. The zero-order chi connectivity index (χ0) is 34.5. The van der Waals surface area contributed by atoms with Gasteiger partial charge in [-0.2, -0.15) is 0 Å². The Balaban J connectivity index is 1.07. The van der Waals surface area contributed by atoms with Crippen molar-refractivity contribution >= 4 is 33.7 Å². The molecule has 5 rings (SSSR count). The fourth-order valence-corrected chi connectivity index (χ4v) is 6.44. The molecule has 0 saturated carbocycles. The van der Waals surface area contributed by atoms with E-state index in [2.05, 4.69) is 9.80 Å². The van der Waals surface area contributed by atoms with Gasteiger partial charge in [-0.05, 0) is 64.1 Å². The van der Waals surface area contributed by atoms with E-state index < -0.39 is 12.2 Å². The van der Waals surface area contributed by atoms with Gasteiger partial charge in [0.05, 0.1) is 24.3 Å². The summed E-state index contributed by atoms with van der Waals surface area (Å²) in [6.45, 7) is 12.1. The molecule has 1 aliphatic heterocycles. The molecule has 0 amide bonds. The predicted molar refractivity (Wildman–Crippen MR) is 183 cm³/mol. The van der Waals surface area contributed by atoms with Crippen LogP contribution in [0.5, 0.6) is 11.5 Å². The van der Waals surface area contributed by atoms with Crippen LogP contribution in [0, 0.1) is 13.8 Å². The maximum Gasteiger partial charge on any atom is 0.340 e. The fraction of sp³-hybridized carbons (Fsp3) is 0.500. The molecule has 2 aromatic heterocycles. The van der Waals surface area contributed by atoms with Crippen LogP contribution in [0.25, 0.3) is 21.8 Å². The average molecular weight is 665 g/mol. The summed E-state index contributed by atoms with van der Waals surface area (Å²) in [5.41, 5.74) is 4.53. The van der Waals surface area contributed by atoms with Gasteiger partial charge in [-0.1, -0.05) is 0 Å². The first kappa shape index (κ1) is 35.2. The first-order valence-corrected chi connectivity index (χ1v) is 16.6. The zero-order valence-corrected chi connectivity index (χ0v) is 28.8. The van der Waals surface area contributed by atoms with E-state index in [1.807, 2.05) is 73.5 Å². The molecule has 260 valence electrons. The number of esters is 2. The standard InChI is InChI=1S/C36H48N4O8/c1-7-45-35(43)33-23(3)37(5)31-11-9-27(17-29(31)33)47-21-25(41)19-39-13-15-40(16-14-39)20-26(42)22-48-28-10-12-32-30(18-28)34(24(4)38(32)6)36(44)46-8-2/h9-12,17-18,25-26,41-42H,7-8,13-16,19-22H2,1-6H3/t25-,26-/m0/s1. The molecular weight excluding hydrogens is 616 g/mol. The highest BCUT2D eigenvalue weighted by molar-refractivity contribution is 6.07. The number of hydrogen-bond acceptors (Lipinski definition) is 10. The van der Waals surface area contributed by atoms with Gasteiger partial charge in [-0.15, -0.1) is 0 Å². The molecule has 3 heterocycles. The number of carbonyl (C=O) groups excluding carboxylic acids is 2. The molecule has 0 radical (unpaired) electrons. The number of hydrogen-bond donors (Lipinski definition) is 2. The number of aliphatic hydroxyl groups excluding tert-OH is 2. The summed E-state index contributed by atoms with van der Waals surface area (Å²) in [7, 11) is 3.83. The zero-order valence-electron chi connectivity index (χ0n) is 28.8. The first-order chi connectivity index (χ1) is 23.0. The van der Waals surface area contributed by atoms with Gasteiger partial charge in [0, 0.05) is 86.6 Å². The van der Waals surface area contributed by atoms with Gasteiger partial charge in [0.25, 0.3) is 0 Å². The first-order valence-electron chi connectivity index (χ1n) is 16.6. The number of β-amino-alcohol motifs (C(OH)–C–C–N with tert-alkyl or cyclic N) is 2. The Kier molecular flexibility index (Phi) is 11.3. The van der Waals surface area contributed by atoms with Crippen LogP contribution in [0.3, 0.4) is 0 Å². The van der Waals surface area contributed by atoms with Crippen LogP contribution in [0.15, 0.2) is 36.4 Å². The second-order valence-electron chi connectivity index (χ2n) is 12.4. The van der Waals surface area contributed by atoms with Crippen LogP contribution in [0.2, 0.25) is 0 Å². The third-order valence-corrected chi connectivity index (χ3v) is 9.17. The van der Waals surface area contributed by atoms with Crippen LogP contribution in [-0.2, 0) is 23.6 Å². The molecule has 12 nitrogen and oxygen atoms in total. The summed E-state index contributed by atoms with van der Waals surface area (Å²) in [6.07, 6.45) is -1.38. The molecule has 0 unspecified atom stereocenters. The van der Waals surface area contributed by atoms with E-state index in [4.69, 9.17) is 18.9 Å². The summed E-state index contributed by atoms with van der Waals surface area (Å²) >= 11 is 0. The molecule has 2 aromatic carbocycles. The van der Waals surface area contributed by atoms with Crippen LogP contribution in [0.1, 0.15) is 46.0 Å². The fourth-order valence-electron chi connectivity index (χ4n) is 6.44. The van der Waals surface area contributed by atoms with Gasteiger partial charge in [-0.3, -0.25) is 9.80 Å². The van der Waals surface area contributed by atoms with E-state index in [0.717, 1.165) is 59.4 Å².